The van der Waals surface area contributed by atoms with Gasteiger partial charge in [-0.2, -0.15) is 0 Å². The first-order valence-electron chi connectivity index (χ1n) is 12.1. The van der Waals surface area contributed by atoms with E-state index in [9.17, 15) is 18.0 Å². The predicted octanol–water partition coefficient (Wildman–Crippen LogP) is 5.36. The molecule has 0 heterocycles. The third-order valence-corrected chi connectivity index (χ3v) is 8.68. The number of aryl methyl sites for hydroxylation is 2. The highest BCUT2D eigenvalue weighted by molar-refractivity contribution is 7.92. The van der Waals surface area contributed by atoms with Crippen molar-refractivity contribution in [1.29, 1.82) is 0 Å². The van der Waals surface area contributed by atoms with Crippen LogP contribution in [0.3, 0.4) is 0 Å². The van der Waals surface area contributed by atoms with Gasteiger partial charge in [0, 0.05) is 23.1 Å². The van der Waals surface area contributed by atoms with Crippen molar-refractivity contribution in [2.24, 2.45) is 0 Å². The number of nitrogens with zero attached hydrogens (tertiary/aromatic N) is 2. The first-order valence-corrected chi connectivity index (χ1v) is 14.3. The molecule has 0 saturated carbocycles. The summed E-state index contributed by atoms with van der Waals surface area (Å²) in [5.74, 6) is -0.911. The van der Waals surface area contributed by atoms with E-state index < -0.39 is 28.5 Å². The lowest BCUT2D eigenvalue weighted by molar-refractivity contribution is -0.139. The first-order chi connectivity index (χ1) is 17.9. The standard InChI is InChI=1S/C28H31Cl2N3O4S/c1-5-31-28(35)21(4)32(17-22-8-6-7-9-26(22)30)27(34)18-33(24-13-10-19(2)20(3)16-24)38(36,37)25-14-11-23(29)12-15-25/h6-16,21H,5,17-18H2,1-4H3,(H,31,35)/t21-/m0/s1. The van der Waals surface area contributed by atoms with E-state index in [1.54, 1.807) is 56.3 Å². The van der Waals surface area contributed by atoms with Crippen molar-refractivity contribution in [1.82, 2.24) is 10.2 Å². The van der Waals surface area contributed by atoms with Crippen molar-refractivity contribution in [3.8, 4) is 0 Å². The molecule has 0 aromatic heterocycles. The highest BCUT2D eigenvalue weighted by atomic mass is 35.5. The average molecular weight is 577 g/mol. The second kappa shape index (κ2) is 12.7. The zero-order valence-corrected chi connectivity index (χ0v) is 24.1. The molecular weight excluding hydrogens is 545 g/mol. The van der Waals surface area contributed by atoms with Crippen LogP contribution >= 0.6 is 23.2 Å². The largest absolute Gasteiger partial charge is 0.355 e. The molecule has 0 unspecified atom stereocenters. The number of halogens is 2. The Morgan fingerprint density at radius 1 is 0.947 bits per heavy atom. The summed E-state index contributed by atoms with van der Waals surface area (Å²) in [7, 11) is -4.17. The molecule has 3 aromatic carbocycles. The zero-order valence-electron chi connectivity index (χ0n) is 21.7. The number of benzene rings is 3. The van der Waals surface area contributed by atoms with Gasteiger partial charge < -0.3 is 10.2 Å². The molecule has 3 aromatic rings. The van der Waals surface area contributed by atoms with Gasteiger partial charge in [0.1, 0.15) is 12.6 Å². The Balaban J connectivity index is 2.07. The van der Waals surface area contributed by atoms with Crippen LogP contribution in [-0.2, 0) is 26.2 Å². The van der Waals surface area contributed by atoms with Crippen LogP contribution in [0.4, 0.5) is 5.69 Å². The molecule has 202 valence electrons. The number of carbonyl (C=O) groups excluding carboxylic acids is 2. The zero-order chi connectivity index (χ0) is 28.0. The van der Waals surface area contributed by atoms with Crippen molar-refractivity contribution in [3.05, 3.63) is 93.5 Å². The van der Waals surface area contributed by atoms with Gasteiger partial charge in [0.25, 0.3) is 10.0 Å². The van der Waals surface area contributed by atoms with E-state index in [0.717, 1.165) is 15.4 Å². The summed E-state index contributed by atoms with van der Waals surface area (Å²) >= 11 is 12.3. The van der Waals surface area contributed by atoms with Gasteiger partial charge in [-0.3, -0.25) is 13.9 Å². The molecule has 2 amide bonds. The maximum Gasteiger partial charge on any atom is 0.264 e. The van der Waals surface area contributed by atoms with Crippen LogP contribution in [0.5, 0.6) is 0 Å². The monoisotopic (exact) mass is 575 g/mol. The van der Waals surface area contributed by atoms with E-state index in [1.807, 2.05) is 13.8 Å². The summed E-state index contributed by atoms with van der Waals surface area (Å²) in [5.41, 5.74) is 2.82. The van der Waals surface area contributed by atoms with Crippen LogP contribution in [0, 0.1) is 13.8 Å². The molecule has 0 radical (unpaired) electrons. The van der Waals surface area contributed by atoms with Crippen LogP contribution in [0.1, 0.15) is 30.5 Å². The summed E-state index contributed by atoms with van der Waals surface area (Å²) in [6.45, 7) is 7.06. The minimum Gasteiger partial charge on any atom is -0.355 e. The Labute approximate surface area is 234 Å². The SMILES string of the molecule is CCNC(=O)[C@H](C)N(Cc1ccccc1Cl)C(=O)CN(c1ccc(C)c(C)c1)S(=O)(=O)c1ccc(Cl)cc1. The fourth-order valence-electron chi connectivity index (χ4n) is 3.86. The van der Waals surface area contributed by atoms with Crippen molar-refractivity contribution in [2.45, 2.75) is 45.2 Å². The van der Waals surface area contributed by atoms with Gasteiger partial charge in [0.2, 0.25) is 11.8 Å². The van der Waals surface area contributed by atoms with E-state index in [4.69, 9.17) is 23.2 Å². The average Bonchev–Trinajstić information content (AvgIpc) is 2.88. The first kappa shape index (κ1) is 29.5. The second-order valence-corrected chi connectivity index (χ2v) is 11.6. The van der Waals surface area contributed by atoms with Crippen LogP contribution in [0.15, 0.2) is 71.6 Å². The van der Waals surface area contributed by atoms with Gasteiger partial charge in [0.15, 0.2) is 0 Å². The normalized spacial score (nSPS) is 12.1. The van der Waals surface area contributed by atoms with Gasteiger partial charge >= 0.3 is 0 Å². The van der Waals surface area contributed by atoms with E-state index in [1.165, 1.54) is 29.2 Å². The van der Waals surface area contributed by atoms with Crippen LogP contribution in [0.2, 0.25) is 10.0 Å². The number of anilines is 1. The van der Waals surface area contributed by atoms with Gasteiger partial charge in [-0.15, -0.1) is 0 Å². The molecule has 38 heavy (non-hydrogen) atoms. The molecule has 10 heteroatoms. The van der Waals surface area contributed by atoms with Gasteiger partial charge in [-0.1, -0.05) is 47.5 Å². The van der Waals surface area contributed by atoms with Crippen molar-refractivity contribution < 1.29 is 18.0 Å². The summed E-state index contributed by atoms with van der Waals surface area (Å²) in [4.78, 5) is 28.0. The molecule has 3 rings (SSSR count). The molecule has 0 aliphatic heterocycles. The summed E-state index contributed by atoms with van der Waals surface area (Å²) in [6, 6.07) is 17.1. The van der Waals surface area contributed by atoms with Gasteiger partial charge in [0.05, 0.1) is 10.6 Å². The van der Waals surface area contributed by atoms with Crippen molar-refractivity contribution in [3.63, 3.8) is 0 Å². The Bertz CT molecular complexity index is 1410. The summed E-state index contributed by atoms with van der Waals surface area (Å²) in [6.07, 6.45) is 0. The number of nitrogens with one attached hydrogen (secondary N) is 1. The molecule has 0 fully saturated rings. The van der Waals surface area contributed by atoms with E-state index >= 15 is 0 Å². The number of hydrogen-bond donors (Lipinski definition) is 1. The number of hydrogen-bond acceptors (Lipinski definition) is 4. The Morgan fingerprint density at radius 2 is 1.61 bits per heavy atom. The smallest absolute Gasteiger partial charge is 0.264 e. The summed E-state index contributed by atoms with van der Waals surface area (Å²) < 4.78 is 28.7. The highest BCUT2D eigenvalue weighted by Crippen LogP contribution is 2.27. The van der Waals surface area contributed by atoms with Crippen LogP contribution in [-0.4, -0.2) is 44.3 Å². The number of carbonyl (C=O) groups is 2. The molecule has 0 aliphatic carbocycles. The molecule has 0 saturated heterocycles. The molecule has 1 N–H and O–H groups in total. The number of rotatable bonds is 10. The molecular formula is C28H31Cl2N3O4S. The Morgan fingerprint density at radius 3 is 2.21 bits per heavy atom. The van der Waals surface area contributed by atoms with Gasteiger partial charge in [-0.05, 0) is 86.8 Å². The fraction of sp³-hybridized carbons (Fsp3) is 0.286. The summed E-state index contributed by atoms with van der Waals surface area (Å²) in [5, 5.41) is 3.56. The van der Waals surface area contributed by atoms with E-state index in [2.05, 4.69) is 5.32 Å². The lowest BCUT2D eigenvalue weighted by Crippen LogP contribution is -2.51. The minimum atomic E-state index is -4.17. The molecule has 1 atom stereocenters. The quantitative estimate of drug-likeness (QED) is 0.352. The van der Waals surface area contributed by atoms with Crippen LogP contribution < -0.4 is 9.62 Å². The second-order valence-electron chi connectivity index (χ2n) is 8.92. The topological polar surface area (TPSA) is 86.8 Å². The van der Waals surface area contributed by atoms with E-state index in [0.29, 0.717) is 27.8 Å². The minimum absolute atomic E-state index is 0.0117. The Hall–Kier alpha value is -3.07. The Kier molecular flexibility index (Phi) is 9.82. The number of likely N-dealkylation sites (N-methyl/N-ethyl adjacent to an activating group) is 1. The molecule has 0 bridgehead atoms. The van der Waals surface area contributed by atoms with Gasteiger partial charge in [-0.25, -0.2) is 8.42 Å². The fourth-order valence-corrected chi connectivity index (χ4v) is 5.59. The number of amides is 2. The molecule has 0 aliphatic rings. The third kappa shape index (κ3) is 6.87. The number of sulfonamides is 1. The molecule has 0 spiro atoms. The highest BCUT2D eigenvalue weighted by Gasteiger charge is 2.32. The van der Waals surface area contributed by atoms with Crippen LogP contribution in [0.25, 0.3) is 0 Å². The van der Waals surface area contributed by atoms with Crippen molar-refractivity contribution in [2.75, 3.05) is 17.4 Å². The third-order valence-electron chi connectivity index (χ3n) is 6.28. The van der Waals surface area contributed by atoms with E-state index in [-0.39, 0.29) is 17.3 Å². The lowest BCUT2D eigenvalue weighted by atomic mass is 10.1. The molecule has 7 nitrogen and oxygen atoms in total. The van der Waals surface area contributed by atoms with Crippen molar-refractivity contribution >= 4 is 50.7 Å². The predicted molar refractivity (Wildman–Crippen MR) is 152 cm³/mol. The maximum atomic E-state index is 13.9. The lowest BCUT2D eigenvalue weighted by Gasteiger charge is -2.32. The maximum absolute atomic E-state index is 13.9.